The monoisotopic (exact) mass is 419 g/mol. The van der Waals surface area contributed by atoms with Gasteiger partial charge in [0.05, 0.1) is 24.7 Å². The van der Waals surface area contributed by atoms with Gasteiger partial charge in [-0.1, -0.05) is 35.9 Å². The third kappa shape index (κ3) is 4.17. The largest absolute Gasteiger partial charge is 0.468 e. The van der Waals surface area contributed by atoms with E-state index in [0.29, 0.717) is 13.1 Å². The number of hydrogen-bond donors (Lipinski definition) is 0. The summed E-state index contributed by atoms with van der Waals surface area (Å²) in [5, 5.41) is 0.729. The van der Waals surface area contributed by atoms with Crippen molar-refractivity contribution in [1.82, 2.24) is 14.5 Å². The van der Waals surface area contributed by atoms with Gasteiger partial charge in [0.1, 0.15) is 11.9 Å². The van der Waals surface area contributed by atoms with Crippen LogP contribution in [-0.4, -0.2) is 40.1 Å². The lowest BCUT2D eigenvalue weighted by atomic mass is 10.2. The van der Waals surface area contributed by atoms with Gasteiger partial charge in [0, 0.05) is 11.6 Å². The zero-order valence-electron chi connectivity index (χ0n) is 15.7. The molecule has 0 radical (unpaired) electrons. The minimum atomic E-state index is -0.182. The lowest BCUT2D eigenvalue weighted by molar-refractivity contribution is -0.146. The molecule has 0 saturated carbocycles. The van der Waals surface area contributed by atoms with Crippen LogP contribution in [0, 0.1) is 0 Å². The number of ether oxygens (including phenoxy) is 1. The van der Waals surface area contributed by atoms with Gasteiger partial charge in [0.2, 0.25) is 0 Å². The lowest BCUT2D eigenvalue weighted by Crippen LogP contribution is -2.37. The highest BCUT2D eigenvalue weighted by Gasteiger charge is 2.32. The Kier molecular flexibility index (Phi) is 6.60. The number of nitrogens with zero attached hydrogens (tertiary/aromatic N) is 3. The van der Waals surface area contributed by atoms with E-state index in [-0.39, 0.29) is 24.4 Å². The third-order valence-corrected chi connectivity index (χ3v) is 5.42. The summed E-state index contributed by atoms with van der Waals surface area (Å²) in [6, 6.07) is 15.8. The van der Waals surface area contributed by atoms with E-state index in [1.54, 1.807) is 0 Å². The normalized spacial score (nSPS) is 16.9. The topological polar surface area (TPSA) is 47.4 Å². The minimum Gasteiger partial charge on any atom is -0.468 e. The summed E-state index contributed by atoms with van der Waals surface area (Å²) in [4.78, 5) is 19.1. The Balaban J connectivity index is 0.00000225. The predicted octanol–water partition coefficient (Wildman–Crippen LogP) is 4.30. The van der Waals surface area contributed by atoms with Crippen molar-refractivity contribution in [3.63, 3.8) is 0 Å². The molecule has 0 aliphatic carbocycles. The standard InChI is InChI=1S/C21H22ClN3O2.ClH/c1-27-21(26)19-7-4-12-24(19)14-20-23-17-5-2-3-6-18(17)25(20)13-15-8-10-16(22)11-9-15;/h2-3,5-6,8-11,19H,4,7,12-14H2,1H3;1H. The smallest absolute Gasteiger partial charge is 0.323 e. The van der Waals surface area contributed by atoms with E-state index < -0.39 is 0 Å². The fraction of sp³-hybridized carbons (Fsp3) is 0.333. The maximum Gasteiger partial charge on any atom is 0.323 e. The van der Waals surface area contributed by atoms with Crippen molar-refractivity contribution in [2.45, 2.75) is 32.0 Å². The van der Waals surface area contributed by atoms with Crippen LogP contribution in [0.5, 0.6) is 0 Å². The van der Waals surface area contributed by atoms with Crippen molar-refractivity contribution < 1.29 is 9.53 Å². The summed E-state index contributed by atoms with van der Waals surface area (Å²) in [7, 11) is 1.45. The number of para-hydroxylation sites is 2. The highest BCUT2D eigenvalue weighted by Crippen LogP contribution is 2.24. The Morgan fingerprint density at radius 3 is 2.68 bits per heavy atom. The molecule has 1 aromatic heterocycles. The molecule has 0 spiro atoms. The van der Waals surface area contributed by atoms with Crippen LogP contribution in [-0.2, 0) is 22.6 Å². The number of fused-ring (bicyclic) bond motifs is 1. The molecule has 1 fully saturated rings. The lowest BCUT2D eigenvalue weighted by Gasteiger charge is -2.22. The first kappa shape index (κ1) is 20.6. The molecule has 3 aromatic rings. The second-order valence-electron chi connectivity index (χ2n) is 6.88. The Bertz CT molecular complexity index is 956. The van der Waals surface area contributed by atoms with Gasteiger partial charge in [-0.3, -0.25) is 9.69 Å². The maximum absolute atomic E-state index is 12.1. The summed E-state index contributed by atoms with van der Waals surface area (Å²) in [5.41, 5.74) is 3.22. The van der Waals surface area contributed by atoms with E-state index in [1.807, 2.05) is 42.5 Å². The number of carbonyl (C=O) groups is 1. The molecule has 2 heterocycles. The molecule has 0 amide bonds. The molecule has 1 aliphatic rings. The molecule has 28 heavy (non-hydrogen) atoms. The Morgan fingerprint density at radius 2 is 1.93 bits per heavy atom. The number of halogens is 2. The van der Waals surface area contributed by atoms with Gasteiger partial charge in [0.15, 0.2) is 0 Å². The predicted molar refractivity (Wildman–Crippen MR) is 113 cm³/mol. The van der Waals surface area contributed by atoms with Crippen LogP contribution in [0.15, 0.2) is 48.5 Å². The molecule has 4 rings (SSSR count). The molecule has 1 aliphatic heterocycles. The Labute approximate surface area is 175 Å². The van der Waals surface area contributed by atoms with Crippen LogP contribution in [0.3, 0.4) is 0 Å². The van der Waals surface area contributed by atoms with Gasteiger partial charge in [-0.15, -0.1) is 12.4 Å². The van der Waals surface area contributed by atoms with E-state index >= 15 is 0 Å². The number of imidazole rings is 1. The fourth-order valence-corrected chi connectivity index (χ4v) is 3.92. The summed E-state index contributed by atoms with van der Waals surface area (Å²) in [6.07, 6.45) is 1.83. The summed E-state index contributed by atoms with van der Waals surface area (Å²) in [5.74, 6) is 0.801. The minimum absolute atomic E-state index is 0. The number of aromatic nitrogens is 2. The first-order valence-electron chi connectivity index (χ1n) is 9.16. The van der Waals surface area contributed by atoms with Gasteiger partial charge in [-0.05, 0) is 49.2 Å². The highest BCUT2D eigenvalue weighted by atomic mass is 35.5. The number of rotatable bonds is 5. The van der Waals surface area contributed by atoms with Crippen LogP contribution in [0.4, 0.5) is 0 Å². The van der Waals surface area contributed by atoms with Gasteiger partial charge < -0.3 is 9.30 Å². The van der Waals surface area contributed by atoms with Crippen LogP contribution in [0.2, 0.25) is 5.02 Å². The summed E-state index contributed by atoms with van der Waals surface area (Å²) >= 11 is 6.02. The number of methoxy groups -OCH3 is 1. The van der Waals surface area contributed by atoms with Crippen molar-refractivity contribution >= 4 is 41.0 Å². The molecule has 5 nitrogen and oxygen atoms in total. The molecule has 0 N–H and O–H groups in total. The van der Waals surface area contributed by atoms with Crippen molar-refractivity contribution in [2.24, 2.45) is 0 Å². The number of benzene rings is 2. The first-order chi connectivity index (χ1) is 13.2. The Morgan fingerprint density at radius 1 is 1.18 bits per heavy atom. The molecule has 1 saturated heterocycles. The molecule has 148 valence electrons. The second kappa shape index (κ2) is 8.95. The van der Waals surface area contributed by atoms with E-state index in [4.69, 9.17) is 21.3 Å². The maximum atomic E-state index is 12.1. The van der Waals surface area contributed by atoms with Crippen LogP contribution >= 0.6 is 24.0 Å². The number of likely N-dealkylation sites (tertiary alicyclic amines) is 1. The fourth-order valence-electron chi connectivity index (χ4n) is 3.79. The van der Waals surface area contributed by atoms with E-state index in [9.17, 15) is 4.79 Å². The van der Waals surface area contributed by atoms with Gasteiger partial charge in [-0.25, -0.2) is 4.98 Å². The van der Waals surface area contributed by atoms with Gasteiger partial charge in [0.25, 0.3) is 0 Å². The first-order valence-corrected chi connectivity index (χ1v) is 9.54. The molecular formula is C21H23Cl2N3O2. The third-order valence-electron chi connectivity index (χ3n) is 5.17. The van der Waals surface area contributed by atoms with Crippen molar-refractivity contribution in [1.29, 1.82) is 0 Å². The zero-order valence-corrected chi connectivity index (χ0v) is 17.2. The number of carbonyl (C=O) groups excluding carboxylic acids is 1. The van der Waals surface area contributed by atoms with Crippen molar-refractivity contribution in [2.75, 3.05) is 13.7 Å². The summed E-state index contributed by atoms with van der Waals surface area (Å²) < 4.78 is 7.21. The number of esters is 1. The Hall–Kier alpha value is -2.08. The molecule has 0 bridgehead atoms. The molecule has 7 heteroatoms. The van der Waals surface area contributed by atoms with E-state index in [2.05, 4.69) is 15.5 Å². The van der Waals surface area contributed by atoms with Gasteiger partial charge >= 0.3 is 5.97 Å². The van der Waals surface area contributed by atoms with Crippen molar-refractivity contribution in [3.8, 4) is 0 Å². The number of hydrogen-bond acceptors (Lipinski definition) is 4. The van der Waals surface area contributed by atoms with E-state index in [1.165, 1.54) is 7.11 Å². The van der Waals surface area contributed by atoms with Crippen LogP contribution in [0.25, 0.3) is 11.0 Å². The van der Waals surface area contributed by atoms with Crippen molar-refractivity contribution in [3.05, 3.63) is 64.9 Å². The molecular weight excluding hydrogens is 397 g/mol. The molecule has 1 atom stereocenters. The molecule has 2 aromatic carbocycles. The highest BCUT2D eigenvalue weighted by molar-refractivity contribution is 6.30. The average molecular weight is 420 g/mol. The average Bonchev–Trinajstić information content (AvgIpc) is 3.28. The SMILES string of the molecule is COC(=O)C1CCCN1Cc1nc2ccccc2n1Cc1ccc(Cl)cc1.Cl. The van der Waals surface area contributed by atoms with Crippen LogP contribution in [0.1, 0.15) is 24.2 Å². The second-order valence-corrected chi connectivity index (χ2v) is 7.32. The quantitative estimate of drug-likeness (QED) is 0.578. The van der Waals surface area contributed by atoms with Gasteiger partial charge in [-0.2, -0.15) is 0 Å². The zero-order chi connectivity index (χ0) is 18.8. The van der Waals surface area contributed by atoms with E-state index in [0.717, 1.165) is 46.8 Å². The molecule has 1 unspecified atom stereocenters. The summed E-state index contributed by atoms with van der Waals surface area (Å²) in [6.45, 7) is 2.22. The van der Waals surface area contributed by atoms with Crippen LogP contribution < -0.4 is 0 Å².